The van der Waals surface area contributed by atoms with Gasteiger partial charge in [-0.15, -0.1) is 11.3 Å². The van der Waals surface area contributed by atoms with Crippen molar-refractivity contribution in [3.05, 3.63) is 59.5 Å². The van der Waals surface area contributed by atoms with E-state index in [1.807, 2.05) is 24.3 Å². The summed E-state index contributed by atoms with van der Waals surface area (Å²) in [5, 5.41) is 6.83. The molecule has 2 aromatic carbocycles. The number of carbonyl (C=O) groups is 2. The summed E-state index contributed by atoms with van der Waals surface area (Å²) >= 11 is 1.48. The highest BCUT2D eigenvalue weighted by molar-refractivity contribution is 7.18. The summed E-state index contributed by atoms with van der Waals surface area (Å²) < 4.78 is 11.1. The molecule has 1 fully saturated rings. The highest BCUT2D eigenvalue weighted by Gasteiger charge is 2.25. The molecule has 0 unspecified atom stereocenters. The second kappa shape index (κ2) is 8.64. The van der Waals surface area contributed by atoms with E-state index in [-0.39, 0.29) is 11.8 Å². The molecule has 1 atom stereocenters. The minimum Gasteiger partial charge on any atom is -0.479 e. The third-order valence-corrected chi connectivity index (χ3v) is 6.68. The van der Waals surface area contributed by atoms with Gasteiger partial charge in [-0.1, -0.05) is 30.3 Å². The number of carbonyl (C=O) groups excluding carboxylic acids is 2. The molecule has 0 spiro atoms. The van der Waals surface area contributed by atoms with Gasteiger partial charge in [0.15, 0.2) is 6.10 Å². The molecule has 0 aliphatic carbocycles. The first kappa shape index (κ1) is 20.5. The van der Waals surface area contributed by atoms with Gasteiger partial charge < -0.3 is 25.0 Å². The Morgan fingerprint density at radius 3 is 2.69 bits per heavy atom. The van der Waals surface area contributed by atoms with Gasteiger partial charge in [-0.2, -0.15) is 0 Å². The normalized spacial score (nSPS) is 17.8. The molecule has 2 amide bonds. The molecule has 3 heterocycles. The smallest absolute Gasteiger partial charge is 0.265 e. The Hall–Kier alpha value is -3.36. The van der Waals surface area contributed by atoms with Crippen molar-refractivity contribution in [2.45, 2.75) is 13.0 Å². The SMILES string of the molecule is C[C@H]1Oc2ccc(NC(=O)c3cc(-c4ccccc4)c(N4CCOCC4)s3)cc2NC1=O. The van der Waals surface area contributed by atoms with Crippen LogP contribution in [0.4, 0.5) is 16.4 Å². The van der Waals surface area contributed by atoms with Gasteiger partial charge in [0.2, 0.25) is 0 Å². The van der Waals surface area contributed by atoms with Crippen molar-refractivity contribution in [3.63, 3.8) is 0 Å². The topological polar surface area (TPSA) is 79.9 Å². The van der Waals surface area contributed by atoms with Crippen LogP contribution in [-0.2, 0) is 9.53 Å². The van der Waals surface area contributed by atoms with E-state index in [0.717, 1.165) is 29.2 Å². The van der Waals surface area contributed by atoms with Gasteiger partial charge in [-0.3, -0.25) is 9.59 Å². The zero-order valence-corrected chi connectivity index (χ0v) is 18.4. The predicted octanol–water partition coefficient (Wildman–Crippen LogP) is 4.22. The number of hydrogen-bond donors (Lipinski definition) is 2. The number of rotatable bonds is 4. The van der Waals surface area contributed by atoms with Crippen LogP contribution in [0.15, 0.2) is 54.6 Å². The summed E-state index contributed by atoms with van der Waals surface area (Å²) in [5.74, 6) is 0.192. The first-order valence-corrected chi connectivity index (χ1v) is 11.3. The van der Waals surface area contributed by atoms with Crippen molar-refractivity contribution in [2.75, 3.05) is 41.8 Å². The van der Waals surface area contributed by atoms with Crippen LogP contribution in [0.25, 0.3) is 11.1 Å². The molecule has 164 valence electrons. The third kappa shape index (κ3) is 4.06. The molecule has 1 aromatic heterocycles. The molecule has 0 radical (unpaired) electrons. The summed E-state index contributed by atoms with van der Waals surface area (Å²) in [4.78, 5) is 27.9. The van der Waals surface area contributed by atoms with Crippen LogP contribution in [0.2, 0.25) is 0 Å². The lowest BCUT2D eigenvalue weighted by Crippen LogP contribution is -2.35. The van der Waals surface area contributed by atoms with E-state index in [9.17, 15) is 9.59 Å². The lowest BCUT2D eigenvalue weighted by Gasteiger charge is -2.28. The van der Waals surface area contributed by atoms with E-state index < -0.39 is 6.10 Å². The van der Waals surface area contributed by atoms with E-state index in [1.165, 1.54) is 11.3 Å². The number of amides is 2. The maximum absolute atomic E-state index is 13.1. The maximum atomic E-state index is 13.1. The lowest BCUT2D eigenvalue weighted by atomic mass is 10.1. The molecule has 2 aliphatic heterocycles. The van der Waals surface area contributed by atoms with Crippen LogP contribution in [-0.4, -0.2) is 44.2 Å². The number of nitrogens with one attached hydrogen (secondary N) is 2. The Morgan fingerprint density at radius 2 is 1.91 bits per heavy atom. The number of hydrogen-bond acceptors (Lipinski definition) is 6. The fourth-order valence-electron chi connectivity index (χ4n) is 3.80. The number of nitrogens with zero attached hydrogens (tertiary/aromatic N) is 1. The van der Waals surface area contributed by atoms with Crippen molar-refractivity contribution in [2.24, 2.45) is 0 Å². The van der Waals surface area contributed by atoms with Crippen LogP contribution in [0, 0.1) is 0 Å². The van der Waals surface area contributed by atoms with Gasteiger partial charge in [0.1, 0.15) is 5.75 Å². The molecule has 0 saturated carbocycles. The van der Waals surface area contributed by atoms with Gasteiger partial charge >= 0.3 is 0 Å². The lowest BCUT2D eigenvalue weighted by molar-refractivity contribution is -0.122. The highest BCUT2D eigenvalue weighted by Crippen LogP contribution is 2.40. The van der Waals surface area contributed by atoms with Crippen LogP contribution >= 0.6 is 11.3 Å². The minimum absolute atomic E-state index is 0.192. The average Bonchev–Trinajstić information content (AvgIpc) is 3.27. The van der Waals surface area contributed by atoms with Crippen molar-refractivity contribution < 1.29 is 19.1 Å². The van der Waals surface area contributed by atoms with Crippen LogP contribution < -0.4 is 20.3 Å². The van der Waals surface area contributed by atoms with Crippen LogP contribution in [0.3, 0.4) is 0 Å². The maximum Gasteiger partial charge on any atom is 0.265 e. The Labute approximate surface area is 190 Å². The molecule has 8 heteroatoms. The van der Waals surface area contributed by atoms with Gasteiger partial charge in [-0.25, -0.2) is 0 Å². The molecule has 1 saturated heterocycles. The molecule has 0 bridgehead atoms. The number of thiophene rings is 1. The van der Waals surface area contributed by atoms with Crippen molar-refractivity contribution >= 4 is 39.5 Å². The summed E-state index contributed by atoms with van der Waals surface area (Å²) in [7, 11) is 0. The summed E-state index contributed by atoms with van der Waals surface area (Å²) in [6.07, 6.45) is -0.538. The average molecular weight is 450 g/mol. The molecule has 2 aliphatic rings. The standard InChI is InChI=1S/C24H23N3O4S/c1-15-22(28)26-19-13-17(7-8-20(19)31-15)25-23(29)21-14-18(16-5-3-2-4-6-16)24(32-21)27-9-11-30-12-10-27/h2-8,13-15H,9-12H2,1H3,(H,25,29)(H,26,28)/t15-/m1/s1. The molecule has 32 heavy (non-hydrogen) atoms. The molecule has 3 aromatic rings. The fourth-order valence-corrected chi connectivity index (χ4v) is 4.93. The van der Waals surface area contributed by atoms with E-state index in [1.54, 1.807) is 25.1 Å². The minimum atomic E-state index is -0.538. The van der Waals surface area contributed by atoms with Crippen molar-refractivity contribution in [1.29, 1.82) is 0 Å². The first-order valence-electron chi connectivity index (χ1n) is 10.5. The van der Waals surface area contributed by atoms with Crippen LogP contribution in [0.1, 0.15) is 16.6 Å². The monoisotopic (exact) mass is 449 g/mol. The molecule has 5 rings (SSSR count). The molecular formula is C24H23N3O4S. The summed E-state index contributed by atoms with van der Waals surface area (Å²) in [6.45, 7) is 4.64. The largest absolute Gasteiger partial charge is 0.479 e. The van der Waals surface area contributed by atoms with Gasteiger partial charge in [-0.05, 0) is 36.8 Å². The zero-order chi connectivity index (χ0) is 22.1. The van der Waals surface area contributed by atoms with Gasteiger partial charge in [0.25, 0.3) is 11.8 Å². The Kier molecular flexibility index (Phi) is 5.55. The third-order valence-electron chi connectivity index (χ3n) is 5.49. The number of fused-ring (bicyclic) bond motifs is 1. The summed E-state index contributed by atoms with van der Waals surface area (Å²) in [6, 6.07) is 17.3. The predicted molar refractivity (Wildman–Crippen MR) is 126 cm³/mol. The van der Waals surface area contributed by atoms with Crippen LogP contribution in [0.5, 0.6) is 5.75 Å². The molecule has 2 N–H and O–H groups in total. The quantitative estimate of drug-likeness (QED) is 0.623. The number of morpholine rings is 1. The number of ether oxygens (including phenoxy) is 2. The number of anilines is 3. The van der Waals surface area contributed by atoms with E-state index in [0.29, 0.717) is 35.2 Å². The number of benzene rings is 2. The second-order valence-electron chi connectivity index (χ2n) is 7.71. The second-order valence-corrected chi connectivity index (χ2v) is 8.74. The van der Waals surface area contributed by atoms with Crippen molar-refractivity contribution in [3.8, 4) is 16.9 Å². The Bertz CT molecular complexity index is 1160. The molecular weight excluding hydrogens is 426 g/mol. The van der Waals surface area contributed by atoms with Gasteiger partial charge in [0.05, 0.1) is 28.8 Å². The highest BCUT2D eigenvalue weighted by atomic mass is 32.1. The van der Waals surface area contributed by atoms with Gasteiger partial charge in [0, 0.05) is 24.3 Å². The molecule has 7 nitrogen and oxygen atoms in total. The van der Waals surface area contributed by atoms with E-state index >= 15 is 0 Å². The Balaban J connectivity index is 1.42. The first-order chi connectivity index (χ1) is 15.6. The van der Waals surface area contributed by atoms with E-state index in [4.69, 9.17) is 9.47 Å². The fraction of sp³-hybridized carbons (Fsp3) is 0.250. The summed E-state index contributed by atoms with van der Waals surface area (Å²) in [5.41, 5.74) is 3.26. The van der Waals surface area contributed by atoms with Crippen molar-refractivity contribution in [1.82, 2.24) is 0 Å². The van der Waals surface area contributed by atoms with E-state index in [2.05, 4.69) is 27.7 Å². The Morgan fingerprint density at radius 1 is 1.12 bits per heavy atom. The zero-order valence-electron chi connectivity index (χ0n) is 17.6.